The number of fused-ring (bicyclic) bond motifs is 1. The van der Waals surface area contributed by atoms with Crippen LogP contribution in [0.4, 0.5) is 10.1 Å². The van der Waals surface area contributed by atoms with Crippen LogP contribution in [0.2, 0.25) is 5.02 Å². The molecule has 1 aliphatic rings. The van der Waals surface area contributed by atoms with Crippen molar-refractivity contribution in [1.29, 1.82) is 0 Å². The molecule has 3 heteroatoms. The van der Waals surface area contributed by atoms with Crippen LogP contribution in [0.1, 0.15) is 24.6 Å². The molecule has 2 rings (SSSR count). The highest BCUT2D eigenvalue weighted by Crippen LogP contribution is 2.33. The van der Waals surface area contributed by atoms with Crippen molar-refractivity contribution in [3.63, 3.8) is 0 Å². The minimum Gasteiger partial charge on any atom is -0.385 e. The van der Waals surface area contributed by atoms with Crippen LogP contribution in [-0.4, -0.2) is 6.54 Å². The first-order valence-electron chi connectivity index (χ1n) is 4.45. The summed E-state index contributed by atoms with van der Waals surface area (Å²) in [6.45, 7) is 0.842. The van der Waals surface area contributed by atoms with E-state index < -0.39 is 6.17 Å². The van der Waals surface area contributed by atoms with Gasteiger partial charge in [-0.05, 0) is 31.0 Å². The quantitative estimate of drug-likeness (QED) is 0.674. The normalized spacial score (nSPS) is 21.5. The van der Waals surface area contributed by atoms with Gasteiger partial charge in [0.05, 0.1) is 0 Å². The largest absolute Gasteiger partial charge is 0.385 e. The summed E-state index contributed by atoms with van der Waals surface area (Å²) >= 11 is 5.80. The standard InChI is InChI=1S/C10H11ClFN/c11-7-3-4-10-8(6-7)9(12)2-1-5-13-10/h3-4,6,9,13H,1-2,5H2. The summed E-state index contributed by atoms with van der Waals surface area (Å²) in [7, 11) is 0. The van der Waals surface area contributed by atoms with Crippen molar-refractivity contribution in [3.05, 3.63) is 28.8 Å². The van der Waals surface area contributed by atoms with Gasteiger partial charge in [-0.25, -0.2) is 4.39 Å². The Morgan fingerprint density at radius 1 is 1.46 bits per heavy atom. The van der Waals surface area contributed by atoms with E-state index >= 15 is 0 Å². The Balaban J connectivity index is 2.43. The van der Waals surface area contributed by atoms with E-state index in [-0.39, 0.29) is 0 Å². The summed E-state index contributed by atoms with van der Waals surface area (Å²) in [5.74, 6) is 0. The molecule has 13 heavy (non-hydrogen) atoms. The highest BCUT2D eigenvalue weighted by molar-refractivity contribution is 6.30. The van der Waals surface area contributed by atoms with Crippen LogP contribution < -0.4 is 5.32 Å². The molecular formula is C10H11ClFN. The van der Waals surface area contributed by atoms with Crippen molar-refractivity contribution in [1.82, 2.24) is 0 Å². The number of anilines is 1. The molecule has 0 saturated carbocycles. The molecule has 1 nitrogen and oxygen atoms in total. The van der Waals surface area contributed by atoms with E-state index in [2.05, 4.69) is 5.32 Å². The molecule has 0 saturated heterocycles. The van der Waals surface area contributed by atoms with Gasteiger partial charge in [0, 0.05) is 22.8 Å². The minimum atomic E-state index is -0.872. The van der Waals surface area contributed by atoms with Gasteiger partial charge in [0.15, 0.2) is 0 Å². The van der Waals surface area contributed by atoms with Crippen molar-refractivity contribution in [2.75, 3.05) is 11.9 Å². The fourth-order valence-electron chi connectivity index (χ4n) is 1.61. The third-order valence-electron chi connectivity index (χ3n) is 2.30. The molecule has 1 atom stereocenters. The minimum absolute atomic E-state index is 0.584. The second-order valence-corrected chi connectivity index (χ2v) is 3.70. The molecule has 0 bridgehead atoms. The van der Waals surface area contributed by atoms with Gasteiger partial charge in [-0.3, -0.25) is 0 Å². The lowest BCUT2D eigenvalue weighted by atomic mass is 10.1. The van der Waals surface area contributed by atoms with Crippen molar-refractivity contribution in [2.45, 2.75) is 19.0 Å². The lowest BCUT2D eigenvalue weighted by molar-refractivity contribution is 0.324. The number of alkyl halides is 1. The van der Waals surface area contributed by atoms with Crippen molar-refractivity contribution >= 4 is 17.3 Å². The van der Waals surface area contributed by atoms with Crippen molar-refractivity contribution in [2.24, 2.45) is 0 Å². The van der Waals surface area contributed by atoms with Gasteiger partial charge in [-0.1, -0.05) is 11.6 Å². The topological polar surface area (TPSA) is 12.0 Å². The first kappa shape index (κ1) is 8.82. The fraction of sp³-hybridized carbons (Fsp3) is 0.400. The molecule has 1 N–H and O–H groups in total. The smallest absolute Gasteiger partial charge is 0.127 e. The van der Waals surface area contributed by atoms with Crippen molar-refractivity contribution < 1.29 is 4.39 Å². The van der Waals surface area contributed by atoms with Gasteiger partial charge in [0.1, 0.15) is 6.17 Å². The second kappa shape index (κ2) is 3.54. The zero-order valence-corrected chi connectivity index (χ0v) is 7.94. The van der Waals surface area contributed by atoms with E-state index in [1.807, 2.05) is 6.07 Å². The van der Waals surface area contributed by atoms with Gasteiger partial charge in [0.25, 0.3) is 0 Å². The average molecular weight is 200 g/mol. The Hall–Kier alpha value is -0.760. The van der Waals surface area contributed by atoms with Crippen LogP contribution in [0.3, 0.4) is 0 Å². The second-order valence-electron chi connectivity index (χ2n) is 3.27. The van der Waals surface area contributed by atoms with Crippen LogP contribution >= 0.6 is 11.6 Å². The summed E-state index contributed by atoms with van der Waals surface area (Å²) < 4.78 is 13.5. The maximum atomic E-state index is 13.5. The lowest BCUT2D eigenvalue weighted by Gasteiger charge is -2.09. The highest BCUT2D eigenvalue weighted by atomic mass is 35.5. The van der Waals surface area contributed by atoms with Gasteiger partial charge >= 0.3 is 0 Å². The van der Waals surface area contributed by atoms with Crippen LogP contribution in [0.5, 0.6) is 0 Å². The SMILES string of the molecule is FC1CCCNc2ccc(Cl)cc21. The van der Waals surface area contributed by atoms with Crippen LogP contribution in [-0.2, 0) is 0 Å². The molecule has 0 spiro atoms. The molecule has 0 aromatic heterocycles. The Morgan fingerprint density at radius 2 is 2.31 bits per heavy atom. The average Bonchev–Trinajstić information content (AvgIpc) is 2.29. The maximum absolute atomic E-state index is 13.5. The van der Waals surface area contributed by atoms with Gasteiger partial charge in [-0.2, -0.15) is 0 Å². The third kappa shape index (κ3) is 1.78. The van der Waals surface area contributed by atoms with Crippen molar-refractivity contribution in [3.8, 4) is 0 Å². The summed E-state index contributed by atoms with van der Waals surface area (Å²) in [4.78, 5) is 0. The maximum Gasteiger partial charge on any atom is 0.127 e. The zero-order chi connectivity index (χ0) is 9.26. The molecule has 70 valence electrons. The molecule has 0 fully saturated rings. The van der Waals surface area contributed by atoms with Gasteiger partial charge < -0.3 is 5.32 Å². The molecule has 1 aromatic rings. The van der Waals surface area contributed by atoms with Gasteiger partial charge in [0.2, 0.25) is 0 Å². The molecule has 0 amide bonds. The molecule has 0 aliphatic carbocycles. The molecule has 1 unspecified atom stereocenters. The number of nitrogens with one attached hydrogen (secondary N) is 1. The van der Waals surface area contributed by atoms with Crippen LogP contribution in [0.25, 0.3) is 0 Å². The Morgan fingerprint density at radius 3 is 3.15 bits per heavy atom. The predicted molar refractivity (Wildman–Crippen MR) is 53.0 cm³/mol. The molecule has 1 heterocycles. The van der Waals surface area contributed by atoms with Crippen LogP contribution in [0, 0.1) is 0 Å². The molecule has 0 radical (unpaired) electrons. The third-order valence-corrected chi connectivity index (χ3v) is 2.54. The number of hydrogen-bond acceptors (Lipinski definition) is 1. The van der Waals surface area contributed by atoms with E-state index in [1.165, 1.54) is 0 Å². The summed E-state index contributed by atoms with van der Waals surface area (Å²) in [5, 5.41) is 3.79. The molecule has 1 aromatic carbocycles. The highest BCUT2D eigenvalue weighted by Gasteiger charge is 2.17. The number of benzene rings is 1. The van der Waals surface area contributed by atoms with Crippen LogP contribution in [0.15, 0.2) is 18.2 Å². The Kier molecular flexibility index (Phi) is 2.40. The number of halogens is 2. The van der Waals surface area contributed by atoms with Gasteiger partial charge in [-0.15, -0.1) is 0 Å². The van der Waals surface area contributed by atoms with E-state index in [1.54, 1.807) is 12.1 Å². The van der Waals surface area contributed by atoms with E-state index in [0.717, 1.165) is 18.7 Å². The number of rotatable bonds is 0. The summed E-state index contributed by atoms with van der Waals surface area (Å²) in [6.07, 6.45) is 0.581. The zero-order valence-electron chi connectivity index (χ0n) is 7.19. The predicted octanol–water partition coefficient (Wildman–Crippen LogP) is 3.56. The van der Waals surface area contributed by atoms with E-state index in [0.29, 0.717) is 17.0 Å². The summed E-state index contributed by atoms with van der Waals surface area (Å²) in [6, 6.07) is 5.33. The monoisotopic (exact) mass is 199 g/mol. The number of hydrogen-bond donors (Lipinski definition) is 1. The molecule has 1 aliphatic heterocycles. The summed E-state index contributed by atoms with van der Waals surface area (Å²) in [5.41, 5.74) is 1.58. The van der Waals surface area contributed by atoms with E-state index in [4.69, 9.17) is 11.6 Å². The first-order chi connectivity index (χ1) is 6.27. The fourth-order valence-corrected chi connectivity index (χ4v) is 1.79. The lowest BCUT2D eigenvalue weighted by Crippen LogP contribution is -1.98. The first-order valence-corrected chi connectivity index (χ1v) is 4.82. The van der Waals surface area contributed by atoms with E-state index in [9.17, 15) is 4.39 Å². The Labute approximate surface area is 81.9 Å². The molecular weight excluding hydrogens is 189 g/mol. The Bertz CT molecular complexity index is 314.